The molecule has 2 aliphatic rings. The number of hydrogen-bond donors (Lipinski definition) is 2. The molecule has 0 spiro atoms. The zero-order valence-corrected chi connectivity index (χ0v) is 14.5. The number of Topliss-reactive ketones (excluding diaryl/α,β-unsaturated/α-hetero) is 1. The van der Waals surface area contributed by atoms with Gasteiger partial charge in [0.15, 0.2) is 0 Å². The molecule has 1 unspecified atom stereocenters. The van der Waals surface area contributed by atoms with E-state index in [1.165, 1.54) is 16.3 Å². The minimum atomic E-state index is 0.0337. The second-order valence-electron chi connectivity index (χ2n) is 6.86. The average molecular weight is 341 g/mol. The maximum atomic E-state index is 12.9. The van der Waals surface area contributed by atoms with Crippen molar-refractivity contribution in [1.29, 1.82) is 0 Å². The van der Waals surface area contributed by atoms with Crippen molar-refractivity contribution in [2.45, 2.75) is 12.6 Å². The molecule has 1 aromatic heterocycles. The zero-order chi connectivity index (χ0) is 17.7. The molecule has 0 saturated carbocycles. The molecule has 0 radical (unpaired) electrons. The maximum absolute atomic E-state index is 12.9. The highest BCUT2D eigenvalue weighted by atomic mass is 16.1. The molecular formula is C22H19N3O. The number of H-pyrrole nitrogens is 1. The Morgan fingerprint density at radius 1 is 1.15 bits per heavy atom. The second kappa shape index (κ2) is 5.63. The lowest BCUT2D eigenvalue weighted by Gasteiger charge is -2.32. The maximum Gasteiger partial charge on any atom is 0.225 e. The van der Waals surface area contributed by atoms with Gasteiger partial charge in [-0.1, -0.05) is 42.5 Å². The molecule has 1 aliphatic heterocycles. The fraction of sp³-hybridized carbons (Fsp3) is 0.136. The Morgan fingerprint density at radius 2 is 2.00 bits per heavy atom. The molecule has 0 fully saturated rings. The highest BCUT2D eigenvalue weighted by Gasteiger charge is 2.33. The van der Waals surface area contributed by atoms with E-state index in [1.54, 1.807) is 0 Å². The van der Waals surface area contributed by atoms with Crippen LogP contribution in [0.25, 0.3) is 16.8 Å². The molecule has 0 amide bonds. The SMILES string of the molecule is CN1C=Cc2c[nH]c3c2C1C=C(NCc1cccc2ccccc12)C3=O. The van der Waals surface area contributed by atoms with Crippen LogP contribution in [0.4, 0.5) is 0 Å². The quantitative estimate of drug-likeness (QED) is 0.757. The van der Waals surface area contributed by atoms with Gasteiger partial charge in [-0.25, -0.2) is 0 Å². The molecule has 4 nitrogen and oxygen atoms in total. The summed E-state index contributed by atoms with van der Waals surface area (Å²) in [5.41, 5.74) is 4.72. The van der Waals surface area contributed by atoms with Gasteiger partial charge in [0, 0.05) is 31.6 Å². The Bertz CT molecular complexity index is 1080. The Labute approximate surface area is 151 Å². The van der Waals surface area contributed by atoms with E-state index >= 15 is 0 Å². The third kappa shape index (κ3) is 2.19. The topological polar surface area (TPSA) is 48.1 Å². The predicted molar refractivity (Wildman–Crippen MR) is 104 cm³/mol. The minimum Gasteiger partial charge on any atom is -0.378 e. The smallest absolute Gasteiger partial charge is 0.225 e. The van der Waals surface area contributed by atoms with Crippen LogP contribution in [-0.4, -0.2) is 22.7 Å². The number of carbonyl (C=O) groups is 1. The lowest BCUT2D eigenvalue weighted by atomic mass is 9.90. The predicted octanol–water partition coefficient (Wildman–Crippen LogP) is 4.00. The molecule has 1 aliphatic carbocycles. The summed E-state index contributed by atoms with van der Waals surface area (Å²) in [5, 5.41) is 5.81. The largest absolute Gasteiger partial charge is 0.378 e. The summed E-state index contributed by atoms with van der Waals surface area (Å²) < 4.78 is 0. The summed E-state index contributed by atoms with van der Waals surface area (Å²) in [6.45, 7) is 0.619. The number of aromatic nitrogens is 1. The number of carbonyl (C=O) groups excluding carboxylic acids is 1. The summed E-state index contributed by atoms with van der Waals surface area (Å²) in [6, 6.07) is 14.7. The van der Waals surface area contributed by atoms with Crippen molar-refractivity contribution in [3.63, 3.8) is 0 Å². The molecule has 0 saturated heterocycles. The molecule has 4 heteroatoms. The second-order valence-corrected chi connectivity index (χ2v) is 6.86. The molecule has 128 valence electrons. The number of ketones is 1. The molecule has 2 heterocycles. The van der Waals surface area contributed by atoms with Gasteiger partial charge in [0.05, 0.1) is 17.4 Å². The lowest BCUT2D eigenvalue weighted by molar-refractivity contribution is 0.101. The van der Waals surface area contributed by atoms with Gasteiger partial charge in [-0.2, -0.15) is 0 Å². The van der Waals surface area contributed by atoms with Gasteiger partial charge >= 0.3 is 0 Å². The molecule has 1 atom stereocenters. The van der Waals surface area contributed by atoms with Crippen LogP contribution < -0.4 is 5.32 Å². The van der Waals surface area contributed by atoms with Crippen LogP contribution in [0.2, 0.25) is 0 Å². The number of benzene rings is 2. The normalized spacial score (nSPS) is 18.0. The molecule has 0 bridgehead atoms. The van der Waals surface area contributed by atoms with Gasteiger partial charge in [0.2, 0.25) is 5.78 Å². The highest BCUT2D eigenvalue weighted by Crippen LogP contribution is 2.37. The van der Waals surface area contributed by atoms with E-state index in [0.717, 1.165) is 11.1 Å². The number of rotatable bonds is 3. The van der Waals surface area contributed by atoms with Crippen molar-refractivity contribution in [3.05, 3.63) is 89.0 Å². The van der Waals surface area contributed by atoms with Gasteiger partial charge in [-0.3, -0.25) is 4.79 Å². The number of nitrogens with one attached hydrogen (secondary N) is 2. The first kappa shape index (κ1) is 15.0. The Balaban J connectivity index is 1.47. The van der Waals surface area contributed by atoms with E-state index < -0.39 is 0 Å². The van der Waals surface area contributed by atoms with Gasteiger partial charge in [0.1, 0.15) is 0 Å². The fourth-order valence-corrected chi connectivity index (χ4v) is 3.93. The summed E-state index contributed by atoms with van der Waals surface area (Å²) in [5.74, 6) is 0.0337. The van der Waals surface area contributed by atoms with Gasteiger partial charge in [-0.15, -0.1) is 0 Å². The zero-order valence-electron chi connectivity index (χ0n) is 14.5. The van der Waals surface area contributed by atoms with Crippen molar-refractivity contribution < 1.29 is 4.79 Å². The van der Waals surface area contributed by atoms with E-state index in [2.05, 4.69) is 51.7 Å². The minimum absolute atomic E-state index is 0.0337. The van der Waals surface area contributed by atoms with Crippen LogP contribution in [-0.2, 0) is 6.54 Å². The van der Waals surface area contributed by atoms with Crippen LogP contribution in [0.1, 0.15) is 33.2 Å². The van der Waals surface area contributed by atoms with Crippen molar-refractivity contribution in [2.24, 2.45) is 0 Å². The van der Waals surface area contributed by atoms with Crippen molar-refractivity contribution >= 4 is 22.6 Å². The summed E-state index contributed by atoms with van der Waals surface area (Å²) >= 11 is 0. The third-order valence-corrected chi connectivity index (χ3v) is 5.32. The Hall–Kier alpha value is -3.27. The van der Waals surface area contributed by atoms with Crippen LogP contribution in [0.3, 0.4) is 0 Å². The number of allylic oxidation sites excluding steroid dienone is 1. The Kier molecular flexibility index (Phi) is 3.25. The van der Waals surface area contributed by atoms with Crippen LogP contribution in [0.5, 0.6) is 0 Å². The lowest BCUT2D eigenvalue weighted by Crippen LogP contribution is -2.31. The van der Waals surface area contributed by atoms with E-state index in [1.807, 2.05) is 37.5 Å². The third-order valence-electron chi connectivity index (χ3n) is 5.32. The van der Waals surface area contributed by atoms with E-state index in [4.69, 9.17) is 0 Å². The van der Waals surface area contributed by atoms with E-state index in [-0.39, 0.29) is 11.8 Å². The van der Waals surface area contributed by atoms with E-state index in [0.29, 0.717) is 17.9 Å². The molecule has 2 N–H and O–H groups in total. The standard InChI is InChI=1S/C22H19N3O/c1-25-10-9-16-13-24-21-20(16)19(25)11-18(22(21)26)23-12-15-7-4-6-14-5-2-3-8-17(14)15/h2-11,13,19,23-24H,12H2,1H3. The Morgan fingerprint density at radius 3 is 2.92 bits per heavy atom. The van der Waals surface area contributed by atoms with Crippen molar-refractivity contribution in [2.75, 3.05) is 7.05 Å². The number of hydrogen-bond acceptors (Lipinski definition) is 3. The van der Waals surface area contributed by atoms with E-state index in [9.17, 15) is 4.79 Å². The van der Waals surface area contributed by atoms with Crippen molar-refractivity contribution in [1.82, 2.24) is 15.2 Å². The van der Waals surface area contributed by atoms with Crippen LogP contribution >= 0.6 is 0 Å². The molecule has 26 heavy (non-hydrogen) atoms. The van der Waals surface area contributed by atoms with Gasteiger partial charge in [0.25, 0.3) is 0 Å². The fourth-order valence-electron chi connectivity index (χ4n) is 3.93. The van der Waals surface area contributed by atoms with Gasteiger partial charge < -0.3 is 15.2 Å². The first-order valence-corrected chi connectivity index (χ1v) is 8.81. The summed E-state index contributed by atoms with van der Waals surface area (Å²) in [7, 11) is 2.04. The first-order chi connectivity index (χ1) is 12.7. The van der Waals surface area contributed by atoms with Gasteiger partial charge in [-0.05, 0) is 34.1 Å². The average Bonchev–Trinajstić information content (AvgIpc) is 3.10. The molecule has 3 aromatic rings. The first-order valence-electron chi connectivity index (χ1n) is 8.81. The number of fused-ring (bicyclic) bond motifs is 1. The van der Waals surface area contributed by atoms with Crippen LogP contribution in [0, 0.1) is 0 Å². The van der Waals surface area contributed by atoms with Crippen LogP contribution in [0.15, 0.2) is 66.6 Å². The van der Waals surface area contributed by atoms with Crippen molar-refractivity contribution in [3.8, 4) is 0 Å². The number of nitrogens with zero attached hydrogens (tertiary/aromatic N) is 1. The number of aromatic amines is 1. The summed E-state index contributed by atoms with van der Waals surface area (Å²) in [4.78, 5) is 18.2. The molecule has 5 rings (SSSR count). The number of likely N-dealkylation sites (N-methyl/N-ethyl adjacent to an activating group) is 1. The monoisotopic (exact) mass is 341 g/mol. The highest BCUT2D eigenvalue weighted by molar-refractivity contribution is 6.10. The summed E-state index contributed by atoms with van der Waals surface area (Å²) in [6.07, 6.45) is 8.05. The molecular weight excluding hydrogens is 322 g/mol. The molecule has 2 aromatic carbocycles.